The van der Waals surface area contributed by atoms with E-state index in [1.807, 2.05) is 115 Å². The van der Waals surface area contributed by atoms with Gasteiger partial charge in [-0.15, -0.1) is 0 Å². The monoisotopic (exact) mass is 962 g/mol. The highest BCUT2D eigenvalue weighted by atomic mass is 16.7. The molecular formula is C63H67N3O6. The summed E-state index contributed by atoms with van der Waals surface area (Å²) in [5.41, 5.74) is 6.88. The molecule has 0 bridgehead atoms. The number of benzene rings is 7. The summed E-state index contributed by atoms with van der Waals surface area (Å²) in [6.07, 6.45) is 3.79. The Kier molecular flexibility index (Phi) is 16.9. The lowest BCUT2D eigenvalue weighted by Crippen LogP contribution is -2.19. The van der Waals surface area contributed by atoms with Crippen LogP contribution < -0.4 is 18.9 Å². The smallest absolute Gasteiger partial charge is 0.507 e. The molecule has 72 heavy (non-hydrogen) atoms. The number of nitrogens with zero attached hydrogens (tertiary/aromatic N) is 3. The van der Waals surface area contributed by atoms with Gasteiger partial charge < -0.3 is 24.1 Å². The fourth-order valence-corrected chi connectivity index (χ4v) is 7.88. The van der Waals surface area contributed by atoms with Crippen LogP contribution >= 0.6 is 0 Å². The van der Waals surface area contributed by atoms with Gasteiger partial charge in [0.1, 0.15) is 34.5 Å². The SMILES string of the molecule is CC(C)(C)c1ccc(OC(=O)Oc2ccc(C(C)(C)c3ccc(Oc4ccc(C(C)(C)C)cc4)cc3)cc2)cc1.CCCCCCOc1ccc(-c2nc(-c3ccccc3)nc(-c3ccccc3)n2)c(O)c1. The first-order valence-corrected chi connectivity index (χ1v) is 24.8. The van der Waals surface area contributed by atoms with Gasteiger partial charge >= 0.3 is 6.16 Å². The fourth-order valence-electron chi connectivity index (χ4n) is 7.88. The van der Waals surface area contributed by atoms with Gasteiger partial charge in [0, 0.05) is 22.6 Å². The number of aromatic nitrogens is 3. The van der Waals surface area contributed by atoms with Crippen molar-refractivity contribution in [2.24, 2.45) is 0 Å². The van der Waals surface area contributed by atoms with Crippen molar-refractivity contribution in [3.8, 4) is 68.7 Å². The maximum atomic E-state index is 12.3. The number of aromatic hydroxyl groups is 1. The van der Waals surface area contributed by atoms with Crippen LogP contribution in [0.5, 0.6) is 34.5 Å². The van der Waals surface area contributed by atoms with Crippen molar-refractivity contribution in [3.05, 3.63) is 198 Å². The number of phenolic OH excluding ortho intramolecular Hbond substituents is 1. The lowest BCUT2D eigenvalue weighted by Gasteiger charge is -2.26. The van der Waals surface area contributed by atoms with Gasteiger partial charge in [-0.2, -0.15) is 0 Å². The van der Waals surface area contributed by atoms with Gasteiger partial charge in [-0.1, -0.05) is 191 Å². The molecule has 9 heteroatoms. The standard InChI is InChI=1S/C36H40O4.C27H27N3O2/c1-34(2,3)25-9-17-29(18-10-25)38-30-21-13-27(14-22-30)36(7,8)28-15-23-32(24-16-28)40-33(37)39-31-19-11-26(12-20-31)35(4,5)6;1-2-3-4-11-18-32-22-16-17-23(24(31)19-22)27-29-25(20-12-7-5-8-13-20)28-26(30-27)21-14-9-6-10-15-21/h9-24H,1-8H3;5-10,12-17,19,31H,2-4,11,18H2,1H3. The molecule has 0 saturated carbocycles. The number of ether oxygens (including phenoxy) is 4. The van der Waals surface area contributed by atoms with E-state index in [9.17, 15) is 9.90 Å². The van der Waals surface area contributed by atoms with Crippen molar-refractivity contribution in [3.63, 3.8) is 0 Å². The van der Waals surface area contributed by atoms with Gasteiger partial charge in [0.15, 0.2) is 17.5 Å². The predicted molar refractivity (Wildman–Crippen MR) is 289 cm³/mol. The molecule has 1 heterocycles. The molecular weight excluding hydrogens is 895 g/mol. The molecule has 0 aliphatic rings. The zero-order valence-corrected chi connectivity index (χ0v) is 43.1. The van der Waals surface area contributed by atoms with Crippen LogP contribution in [0.25, 0.3) is 34.2 Å². The lowest BCUT2D eigenvalue weighted by atomic mass is 9.78. The molecule has 0 atom stereocenters. The molecule has 8 rings (SSSR count). The fraction of sp³-hybridized carbons (Fsp3) is 0.270. The quantitative estimate of drug-likeness (QED) is 0.0609. The Morgan fingerprint density at radius 1 is 0.458 bits per heavy atom. The summed E-state index contributed by atoms with van der Waals surface area (Å²) in [5, 5.41) is 10.7. The average Bonchev–Trinajstić information content (AvgIpc) is 3.37. The first-order chi connectivity index (χ1) is 34.5. The van der Waals surface area contributed by atoms with E-state index in [0.29, 0.717) is 46.9 Å². The normalized spacial score (nSPS) is 11.5. The molecule has 0 fully saturated rings. The highest BCUT2D eigenvalue weighted by Gasteiger charge is 2.24. The Labute approximate surface area is 425 Å². The zero-order valence-electron chi connectivity index (χ0n) is 43.1. The molecule has 7 aromatic carbocycles. The van der Waals surface area contributed by atoms with E-state index in [1.165, 1.54) is 24.0 Å². The third-order valence-electron chi connectivity index (χ3n) is 12.4. The van der Waals surface area contributed by atoms with E-state index in [2.05, 4.69) is 102 Å². The molecule has 8 aromatic rings. The molecule has 9 nitrogen and oxygen atoms in total. The maximum absolute atomic E-state index is 12.3. The number of hydrogen-bond donors (Lipinski definition) is 1. The summed E-state index contributed by atoms with van der Waals surface area (Å²) in [6, 6.07) is 56.3. The van der Waals surface area contributed by atoms with E-state index in [4.69, 9.17) is 18.9 Å². The molecule has 1 aromatic heterocycles. The number of carbonyl (C=O) groups excluding carboxylic acids is 1. The van der Waals surface area contributed by atoms with Crippen LogP contribution in [0.1, 0.15) is 110 Å². The Morgan fingerprint density at radius 3 is 1.28 bits per heavy atom. The van der Waals surface area contributed by atoms with Gasteiger partial charge in [-0.25, -0.2) is 19.7 Å². The number of phenols is 1. The molecule has 0 aliphatic heterocycles. The third kappa shape index (κ3) is 14.2. The Bertz CT molecular complexity index is 2920. The molecule has 0 unspecified atom stereocenters. The molecule has 0 amide bonds. The largest absolute Gasteiger partial charge is 0.519 e. The van der Waals surface area contributed by atoms with Crippen molar-refractivity contribution >= 4 is 6.16 Å². The summed E-state index contributed by atoms with van der Waals surface area (Å²) in [7, 11) is 0. The second kappa shape index (κ2) is 23.4. The van der Waals surface area contributed by atoms with Crippen LogP contribution in [-0.4, -0.2) is 32.8 Å². The molecule has 370 valence electrons. The minimum absolute atomic E-state index is 0.0310. The van der Waals surface area contributed by atoms with Crippen molar-refractivity contribution in [2.75, 3.05) is 6.61 Å². The van der Waals surface area contributed by atoms with Gasteiger partial charge in [-0.3, -0.25) is 0 Å². The van der Waals surface area contributed by atoms with Crippen LogP contribution in [0.2, 0.25) is 0 Å². The Balaban J connectivity index is 0.000000216. The van der Waals surface area contributed by atoms with E-state index in [0.717, 1.165) is 46.6 Å². The first-order valence-electron chi connectivity index (χ1n) is 24.8. The molecule has 1 N–H and O–H groups in total. The van der Waals surface area contributed by atoms with Crippen molar-refractivity contribution in [1.82, 2.24) is 15.0 Å². The first kappa shape index (κ1) is 52.1. The second-order valence-electron chi connectivity index (χ2n) is 20.4. The number of hydrogen-bond acceptors (Lipinski definition) is 9. The van der Waals surface area contributed by atoms with Crippen molar-refractivity contribution in [2.45, 2.75) is 104 Å². The Hall–Kier alpha value is -7.78. The van der Waals surface area contributed by atoms with Gasteiger partial charge in [-0.05, 0) is 100 Å². The highest BCUT2D eigenvalue weighted by Crippen LogP contribution is 2.36. The van der Waals surface area contributed by atoms with Crippen molar-refractivity contribution in [1.29, 1.82) is 0 Å². The second-order valence-corrected chi connectivity index (χ2v) is 20.4. The minimum atomic E-state index is -0.765. The van der Waals surface area contributed by atoms with E-state index in [1.54, 1.807) is 36.4 Å². The van der Waals surface area contributed by atoms with E-state index in [-0.39, 0.29) is 22.0 Å². The zero-order chi connectivity index (χ0) is 51.3. The topological polar surface area (TPSA) is 113 Å². The predicted octanol–water partition coefficient (Wildman–Crippen LogP) is 16.5. The molecule has 0 radical (unpaired) electrons. The van der Waals surface area contributed by atoms with Crippen LogP contribution in [-0.2, 0) is 16.2 Å². The average molecular weight is 962 g/mol. The van der Waals surface area contributed by atoms with Gasteiger partial charge in [0.2, 0.25) is 0 Å². The number of unbranched alkanes of at least 4 members (excludes halogenated alkanes) is 3. The van der Waals surface area contributed by atoms with Crippen LogP contribution in [0, 0.1) is 0 Å². The highest BCUT2D eigenvalue weighted by molar-refractivity contribution is 5.70. The number of rotatable bonds is 15. The van der Waals surface area contributed by atoms with Gasteiger partial charge in [0.05, 0.1) is 12.2 Å². The van der Waals surface area contributed by atoms with Crippen LogP contribution in [0.4, 0.5) is 4.79 Å². The molecule has 0 aliphatic carbocycles. The van der Waals surface area contributed by atoms with Crippen molar-refractivity contribution < 1.29 is 28.8 Å². The summed E-state index contributed by atoms with van der Waals surface area (Å²) in [5.74, 6) is 4.75. The Morgan fingerprint density at radius 2 is 0.861 bits per heavy atom. The van der Waals surface area contributed by atoms with E-state index >= 15 is 0 Å². The maximum Gasteiger partial charge on any atom is 0.519 e. The molecule has 0 saturated heterocycles. The lowest BCUT2D eigenvalue weighted by molar-refractivity contribution is 0.152. The van der Waals surface area contributed by atoms with Gasteiger partial charge in [0.25, 0.3) is 0 Å². The van der Waals surface area contributed by atoms with Crippen LogP contribution in [0.3, 0.4) is 0 Å². The number of carbonyl (C=O) groups is 1. The summed E-state index contributed by atoms with van der Waals surface area (Å²) in [4.78, 5) is 26.3. The summed E-state index contributed by atoms with van der Waals surface area (Å²) >= 11 is 0. The third-order valence-corrected chi connectivity index (χ3v) is 12.4. The minimum Gasteiger partial charge on any atom is -0.507 e. The summed E-state index contributed by atoms with van der Waals surface area (Å²) < 4.78 is 22.6. The van der Waals surface area contributed by atoms with E-state index < -0.39 is 6.16 Å². The summed E-state index contributed by atoms with van der Waals surface area (Å²) in [6.45, 7) is 20.2. The van der Waals surface area contributed by atoms with Crippen LogP contribution in [0.15, 0.2) is 176 Å². The molecule has 0 spiro atoms.